The molecule has 0 radical (unpaired) electrons. The van der Waals surface area contributed by atoms with E-state index in [1.54, 1.807) is 17.5 Å². The third-order valence-corrected chi connectivity index (χ3v) is 4.12. The SMILES string of the molecule is Cc1nc(-c2ccnc(N3CCC(N)CC3)n2)cs1. The first kappa shape index (κ1) is 12.5. The Bertz CT molecular complexity index is 560. The molecule has 0 aliphatic carbocycles. The number of aryl methyl sites for hydroxylation is 1. The third-order valence-electron chi connectivity index (χ3n) is 3.35. The van der Waals surface area contributed by atoms with Gasteiger partial charge < -0.3 is 10.6 Å². The minimum atomic E-state index is 0.320. The van der Waals surface area contributed by atoms with Gasteiger partial charge in [0, 0.05) is 30.7 Å². The van der Waals surface area contributed by atoms with Gasteiger partial charge in [-0.3, -0.25) is 0 Å². The minimum absolute atomic E-state index is 0.320. The molecule has 1 fully saturated rings. The van der Waals surface area contributed by atoms with Crippen LogP contribution in [0.5, 0.6) is 0 Å². The maximum atomic E-state index is 5.92. The smallest absolute Gasteiger partial charge is 0.225 e. The van der Waals surface area contributed by atoms with Crippen LogP contribution in [0.15, 0.2) is 17.6 Å². The Balaban J connectivity index is 1.84. The average molecular weight is 275 g/mol. The first-order valence-electron chi connectivity index (χ1n) is 6.48. The Morgan fingerprint density at radius 2 is 2.05 bits per heavy atom. The zero-order valence-corrected chi connectivity index (χ0v) is 11.7. The van der Waals surface area contributed by atoms with Crippen molar-refractivity contribution in [2.45, 2.75) is 25.8 Å². The van der Waals surface area contributed by atoms with Gasteiger partial charge in [0.2, 0.25) is 5.95 Å². The van der Waals surface area contributed by atoms with Gasteiger partial charge in [-0.15, -0.1) is 11.3 Å². The van der Waals surface area contributed by atoms with Crippen LogP contribution >= 0.6 is 11.3 Å². The van der Waals surface area contributed by atoms with Crippen LogP contribution in [-0.2, 0) is 0 Å². The fraction of sp³-hybridized carbons (Fsp3) is 0.462. The van der Waals surface area contributed by atoms with E-state index in [0.717, 1.165) is 48.3 Å². The lowest BCUT2D eigenvalue weighted by Gasteiger charge is -2.30. The largest absolute Gasteiger partial charge is 0.341 e. The fourth-order valence-electron chi connectivity index (χ4n) is 2.22. The second kappa shape index (κ2) is 5.22. The van der Waals surface area contributed by atoms with Crippen molar-refractivity contribution >= 4 is 17.3 Å². The van der Waals surface area contributed by atoms with Crippen LogP contribution in [0.25, 0.3) is 11.4 Å². The van der Waals surface area contributed by atoms with E-state index < -0.39 is 0 Å². The van der Waals surface area contributed by atoms with E-state index in [1.165, 1.54) is 0 Å². The van der Waals surface area contributed by atoms with E-state index in [0.29, 0.717) is 6.04 Å². The van der Waals surface area contributed by atoms with E-state index in [9.17, 15) is 0 Å². The van der Waals surface area contributed by atoms with Crippen molar-refractivity contribution in [3.05, 3.63) is 22.7 Å². The molecule has 1 aliphatic heterocycles. The first-order valence-corrected chi connectivity index (χ1v) is 7.36. The predicted molar refractivity (Wildman–Crippen MR) is 77.3 cm³/mol. The number of hydrogen-bond donors (Lipinski definition) is 1. The molecule has 19 heavy (non-hydrogen) atoms. The maximum absolute atomic E-state index is 5.92. The van der Waals surface area contributed by atoms with Gasteiger partial charge in [0.05, 0.1) is 10.7 Å². The van der Waals surface area contributed by atoms with E-state index in [4.69, 9.17) is 5.73 Å². The van der Waals surface area contributed by atoms with Gasteiger partial charge in [0.1, 0.15) is 5.69 Å². The van der Waals surface area contributed by atoms with Crippen molar-refractivity contribution in [1.82, 2.24) is 15.0 Å². The quantitative estimate of drug-likeness (QED) is 0.905. The molecule has 0 unspecified atom stereocenters. The Hall–Kier alpha value is -1.53. The van der Waals surface area contributed by atoms with Crippen molar-refractivity contribution in [2.24, 2.45) is 5.73 Å². The van der Waals surface area contributed by atoms with Crippen LogP contribution in [0, 0.1) is 6.92 Å². The minimum Gasteiger partial charge on any atom is -0.341 e. The number of thiazole rings is 1. The van der Waals surface area contributed by atoms with Crippen LogP contribution in [0.4, 0.5) is 5.95 Å². The molecule has 1 saturated heterocycles. The van der Waals surface area contributed by atoms with E-state index >= 15 is 0 Å². The standard InChI is InChI=1S/C13H17N5S/c1-9-16-12(8-19-9)11-2-5-15-13(17-11)18-6-3-10(14)4-7-18/h2,5,8,10H,3-4,6-7,14H2,1H3. The summed E-state index contributed by atoms with van der Waals surface area (Å²) in [6, 6.07) is 2.23. The van der Waals surface area contributed by atoms with Crippen molar-refractivity contribution in [2.75, 3.05) is 18.0 Å². The Morgan fingerprint density at radius 1 is 1.26 bits per heavy atom. The Kier molecular flexibility index (Phi) is 3.44. The molecule has 2 N–H and O–H groups in total. The number of piperidine rings is 1. The fourth-order valence-corrected chi connectivity index (χ4v) is 2.83. The molecule has 6 heteroatoms. The molecular weight excluding hydrogens is 258 g/mol. The van der Waals surface area contributed by atoms with Crippen molar-refractivity contribution in [1.29, 1.82) is 0 Å². The van der Waals surface area contributed by atoms with Crippen LogP contribution in [0.2, 0.25) is 0 Å². The summed E-state index contributed by atoms with van der Waals surface area (Å²) in [5.41, 5.74) is 7.75. The highest BCUT2D eigenvalue weighted by Crippen LogP contribution is 2.22. The maximum Gasteiger partial charge on any atom is 0.225 e. The molecule has 100 valence electrons. The summed E-state index contributed by atoms with van der Waals surface area (Å²) in [4.78, 5) is 15.7. The molecule has 3 heterocycles. The molecule has 0 bridgehead atoms. The summed E-state index contributed by atoms with van der Waals surface area (Å²) in [5.74, 6) is 0.787. The third kappa shape index (κ3) is 2.74. The molecule has 3 rings (SSSR count). The Labute approximate surface area is 116 Å². The van der Waals surface area contributed by atoms with E-state index in [2.05, 4.69) is 19.9 Å². The first-order chi connectivity index (χ1) is 9.22. The van der Waals surface area contributed by atoms with Crippen LogP contribution in [0.3, 0.4) is 0 Å². The monoisotopic (exact) mass is 275 g/mol. The summed E-state index contributed by atoms with van der Waals surface area (Å²) in [6.07, 6.45) is 3.81. The lowest BCUT2D eigenvalue weighted by molar-refractivity contribution is 0.495. The summed E-state index contributed by atoms with van der Waals surface area (Å²) in [7, 11) is 0. The molecule has 1 aliphatic rings. The number of nitrogens with two attached hydrogens (primary N) is 1. The molecule has 2 aromatic heterocycles. The number of hydrogen-bond acceptors (Lipinski definition) is 6. The highest BCUT2D eigenvalue weighted by Gasteiger charge is 2.18. The number of nitrogens with zero attached hydrogens (tertiary/aromatic N) is 4. The Morgan fingerprint density at radius 3 is 2.74 bits per heavy atom. The summed E-state index contributed by atoms with van der Waals surface area (Å²) < 4.78 is 0. The van der Waals surface area contributed by atoms with E-state index in [1.807, 2.05) is 18.4 Å². The van der Waals surface area contributed by atoms with Crippen molar-refractivity contribution < 1.29 is 0 Å². The molecular formula is C13H17N5S. The summed E-state index contributed by atoms with van der Waals surface area (Å²) >= 11 is 1.64. The topological polar surface area (TPSA) is 67.9 Å². The zero-order valence-electron chi connectivity index (χ0n) is 10.9. The van der Waals surface area contributed by atoms with E-state index in [-0.39, 0.29) is 0 Å². The average Bonchev–Trinajstić information content (AvgIpc) is 2.86. The molecule has 5 nitrogen and oxygen atoms in total. The number of aromatic nitrogens is 3. The van der Waals surface area contributed by atoms with Crippen LogP contribution < -0.4 is 10.6 Å². The number of anilines is 1. The molecule has 0 amide bonds. The van der Waals surface area contributed by atoms with Gasteiger partial charge in [-0.2, -0.15) is 0 Å². The lowest BCUT2D eigenvalue weighted by atomic mass is 10.1. The van der Waals surface area contributed by atoms with Gasteiger partial charge in [-0.05, 0) is 25.8 Å². The molecule has 0 atom stereocenters. The highest BCUT2D eigenvalue weighted by atomic mass is 32.1. The predicted octanol–water partition coefficient (Wildman–Crippen LogP) is 1.84. The van der Waals surface area contributed by atoms with Gasteiger partial charge >= 0.3 is 0 Å². The normalized spacial score (nSPS) is 16.8. The van der Waals surface area contributed by atoms with Gasteiger partial charge in [-0.25, -0.2) is 15.0 Å². The van der Waals surface area contributed by atoms with Gasteiger partial charge in [-0.1, -0.05) is 0 Å². The van der Waals surface area contributed by atoms with Crippen molar-refractivity contribution in [3.63, 3.8) is 0 Å². The summed E-state index contributed by atoms with van der Waals surface area (Å²) in [6.45, 7) is 3.86. The van der Waals surface area contributed by atoms with Crippen LogP contribution in [0.1, 0.15) is 17.8 Å². The highest BCUT2D eigenvalue weighted by molar-refractivity contribution is 7.09. The lowest BCUT2D eigenvalue weighted by Crippen LogP contribution is -2.40. The molecule has 0 aromatic carbocycles. The molecule has 0 saturated carbocycles. The van der Waals surface area contributed by atoms with Crippen molar-refractivity contribution in [3.8, 4) is 11.4 Å². The van der Waals surface area contributed by atoms with Gasteiger partial charge in [0.25, 0.3) is 0 Å². The zero-order chi connectivity index (χ0) is 13.2. The van der Waals surface area contributed by atoms with Crippen LogP contribution in [-0.4, -0.2) is 34.1 Å². The second-order valence-electron chi connectivity index (χ2n) is 4.82. The molecule has 0 spiro atoms. The second-order valence-corrected chi connectivity index (χ2v) is 5.88. The molecule has 2 aromatic rings. The number of rotatable bonds is 2. The summed E-state index contributed by atoms with van der Waals surface area (Å²) in [5, 5.41) is 3.09. The van der Waals surface area contributed by atoms with Gasteiger partial charge in [0.15, 0.2) is 0 Å².